The van der Waals surface area contributed by atoms with Crippen LogP contribution in [-0.4, -0.2) is 30.9 Å². The summed E-state index contributed by atoms with van der Waals surface area (Å²) in [5.41, 5.74) is 1.04. The molecule has 0 aliphatic heterocycles. The molecule has 0 saturated carbocycles. The quantitative estimate of drug-likeness (QED) is 0.597. The molecule has 92 valence electrons. The lowest BCUT2D eigenvalue weighted by atomic mass is 10.2. The molecule has 1 N–H and O–H groups in total. The Hall–Kier alpha value is -1.65. The Kier molecular flexibility index (Phi) is 5.99. The fraction of sp³-hybridized carbons (Fsp3) is 0.308. The van der Waals surface area contributed by atoms with E-state index in [2.05, 4.69) is 4.74 Å². The summed E-state index contributed by atoms with van der Waals surface area (Å²) in [6.45, 7) is 0.576. The van der Waals surface area contributed by atoms with Gasteiger partial charge in [-0.3, -0.25) is 0 Å². The van der Waals surface area contributed by atoms with Crippen molar-refractivity contribution in [3.05, 3.63) is 48.0 Å². The molecule has 0 unspecified atom stereocenters. The van der Waals surface area contributed by atoms with Gasteiger partial charge in [0.05, 0.1) is 26.4 Å². The zero-order valence-corrected chi connectivity index (χ0v) is 9.70. The van der Waals surface area contributed by atoms with Crippen LogP contribution >= 0.6 is 0 Å². The monoisotopic (exact) mass is 236 g/mol. The average molecular weight is 236 g/mol. The summed E-state index contributed by atoms with van der Waals surface area (Å²) < 4.78 is 9.69. The van der Waals surface area contributed by atoms with Crippen LogP contribution in [0.15, 0.2) is 42.5 Å². The molecule has 0 fully saturated rings. The first kappa shape index (κ1) is 13.4. The number of aliphatic hydroxyl groups excluding tert-OH is 1. The molecule has 0 aromatic heterocycles. The van der Waals surface area contributed by atoms with Gasteiger partial charge in [-0.15, -0.1) is 0 Å². The van der Waals surface area contributed by atoms with E-state index in [1.165, 1.54) is 19.3 Å². The second-order valence-corrected chi connectivity index (χ2v) is 3.45. The number of methoxy groups -OCH3 is 1. The highest BCUT2D eigenvalue weighted by molar-refractivity contribution is 5.81. The normalized spacial score (nSPS) is 12.6. The van der Waals surface area contributed by atoms with Gasteiger partial charge in [-0.25, -0.2) is 4.79 Å². The lowest BCUT2D eigenvalue weighted by Crippen LogP contribution is -2.13. The molecular weight excluding hydrogens is 220 g/mol. The number of rotatable bonds is 6. The van der Waals surface area contributed by atoms with Crippen molar-refractivity contribution in [1.29, 1.82) is 0 Å². The Morgan fingerprint density at radius 3 is 2.76 bits per heavy atom. The third kappa shape index (κ3) is 5.85. The molecule has 0 bridgehead atoms. The van der Waals surface area contributed by atoms with Crippen LogP contribution in [0.2, 0.25) is 0 Å². The SMILES string of the molecule is COC(=O)/C=C/[C@H](O)COCc1ccccc1. The Morgan fingerprint density at radius 2 is 2.12 bits per heavy atom. The summed E-state index contributed by atoms with van der Waals surface area (Å²) >= 11 is 0. The molecule has 0 saturated heterocycles. The maximum absolute atomic E-state index is 10.8. The van der Waals surface area contributed by atoms with Crippen LogP contribution in [0, 0.1) is 0 Å². The Balaban J connectivity index is 2.22. The minimum atomic E-state index is -0.808. The largest absolute Gasteiger partial charge is 0.466 e. The number of esters is 1. The number of aliphatic hydroxyl groups is 1. The van der Waals surface area contributed by atoms with Gasteiger partial charge >= 0.3 is 5.97 Å². The maximum Gasteiger partial charge on any atom is 0.330 e. The molecule has 0 heterocycles. The molecule has 0 radical (unpaired) electrons. The van der Waals surface area contributed by atoms with Gasteiger partial charge in [0, 0.05) is 6.08 Å². The molecular formula is C13H16O4. The van der Waals surface area contributed by atoms with E-state index in [1.54, 1.807) is 0 Å². The number of carbonyl (C=O) groups excluding carboxylic acids is 1. The lowest BCUT2D eigenvalue weighted by molar-refractivity contribution is -0.134. The van der Waals surface area contributed by atoms with Gasteiger partial charge in [-0.2, -0.15) is 0 Å². The summed E-state index contributed by atoms with van der Waals surface area (Å²) in [4.78, 5) is 10.8. The fourth-order valence-corrected chi connectivity index (χ4v) is 1.18. The van der Waals surface area contributed by atoms with Crippen LogP contribution in [0.25, 0.3) is 0 Å². The van der Waals surface area contributed by atoms with E-state index in [0.717, 1.165) is 5.56 Å². The van der Waals surface area contributed by atoms with Gasteiger partial charge in [0.25, 0.3) is 0 Å². The minimum Gasteiger partial charge on any atom is -0.466 e. The van der Waals surface area contributed by atoms with Crippen molar-refractivity contribution in [3.8, 4) is 0 Å². The van der Waals surface area contributed by atoms with Crippen LogP contribution in [0.4, 0.5) is 0 Å². The predicted molar refractivity (Wildman–Crippen MR) is 63.3 cm³/mol. The second-order valence-electron chi connectivity index (χ2n) is 3.45. The van der Waals surface area contributed by atoms with Crippen molar-refractivity contribution >= 4 is 5.97 Å². The van der Waals surface area contributed by atoms with Gasteiger partial charge in [-0.1, -0.05) is 30.3 Å². The molecule has 17 heavy (non-hydrogen) atoms. The van der Waals surface area contributed by atoms with Crippen LogP contribution < -0.4 is 0 Å². The first-order chi connectivity index (χ1) is 8.22. The zero-order valence-electron chi connectivity index (χ0n) is 9.70. The smallest absolute Gasteiger partial charge is 0.330 e. The molecule has 0 amide bonds. The molecule has 4 nitrogen and oxygen atoms in total. The van der Waals surface area contributed by atoms with E-state index in [0.29, 0.717) is 6.61 Å². The zero-order chi connectivity index (χ0) is 12.5. The molecule has 0 aliphatic carbocycles. The summed E-state index contributed by atoms with van der Waals surface area (Å²) in [6.07, 6.45) is 1.71. The minimum absolute atomic E-state index is 0.141. The highest BCUT2D eigenvalue weighted by atomic mass is 16.5. The summed E-state index contributed by atoms with van der Waals surface area (Å²) in [6, 6.07) is 9.66. The van der Waals surface area contributed by atoms with Gasteiger partial charge < -0.3 is 14.6 Å². The van der Waals surface area contributed by atoms with E-state index < -0.39 is 12.1 Å². The van der Waals surface area contributed by atoms with E-state index >= 15 is 0 Å². The molecule has 1 aromatic rings. The number of hydrogen-bond acceptors (Lipinski definition) is 4. The van der Waals surface area contributed by atoms with Gasteiger partial charge in [0.15, 0.2) is 0 Å². The highest BCUT2D eigenvalue weighted by Crippen LogP contribution is 2.01. The average Bonchev–Trinajstić information content (AvgIpc) is 2.37. The lowest BCUT2D eigenvalue weighted by Gasteiger charge is -2.07. The Morgan fingerprint density at radius 1 is 1.41 bits per heavy atom. The predicted octanol–water partition coefficient (Wildman–Crippen LogP) is 1.29. The summed E-state index contributed by atoms with van der Waals surface area (Å²) in [7, 11) is 1.28. The van der Waals surface area contributed by atoms with E-state index in [4.69, 9.17) is 4.74 Å². The number of benzene rings is 1. The van der Waals surface area contributed by atoms with Crippen molar-refractivity contribution in [2.24, 2.45) is 0 Å². The fourth-order valence-electron chi connectivity index (χ4n) is 1.18. The number of ether oxygens (including phenoxy) is 2. The third-order valence-electron chi connectivity index (χ3n) is 2.06. The van der Waals surface area contributed by atoms with E-state index in [9.17, 15) is 9.90 Å². The molecule has 0 spiro atoms. The van der Waals surface area contributed by atoms with Crippen molar-refractivity contribution in [1.82, 2.24) is 0 Å². The summed E-state index contributed by atoms with van der Waals surface area (Å²) in [5, 5.41) is 9.45. The number of carbonyl (C=O) groups is 1. The molecule has 1 atom stereocenters. The van der Waals surface area contributed by atoms with Crippen LogP contribution in [-0.2, 0) is 20.9 Å². The van der Waals surface area contributed by atoms with Crippen molar-refractivity contribution in [2.45, 2.75) is 12.7 Å². The Bertz CT molecular complexity index is 359. The molecule has 1 rings (SSSR count). The van der Waals surface area contributed by atoms with Crippen LogP contribution in [0.5, 0.6) is 0 Å². The maximum atomic E-state index is 10.8. The van der Waals surface area contributed by atoms with E-state index in [1.807, 2.05) is 30.3 Å². The van der Waals surface area contributed by atoms with Crippen LogP contribution in [0.3, 0.4) is 0 Å². The molecule has 0 aliphatic rings. The van der Waals surface area contributed by atoms with Crippen molar-refractivity contribution in [2.75, 3.05) is 13.7 Å². The molecule has 4 heteroatoms. The first-order valence-corrected chi connectivity index (χ1v) is 5.28. The van der Waals surface area contributed by atoms with E-state index in [-0.39, 0.29) is 6.61 Å². The number of hydrogen-bond donors (Lipinski definition) is 1. The Labute approximate surface area is 100 Å². The molecule has 1 aromatic carbocycles. The highest BCUT2D eigenvalue weighted by Gasteiger charge is 2.01. The van der Waals surface area contributed by atoms with Gasteiger partial charge in [0.1, 0.15) is 0 Å². The van der Waals surface area contributed by atoms with Gasteiger partial charge in [-0.05, 0) is 11.6 Å². The standard InChI is InChI=1S/C13H16O4/c1-16-13(15)8-7-12(14)10-17-9-11-5-3-2-4-6-11/h2-8,12,14H,9-10H2,1H3/b8-7+/t12-/m0/s1. The van der Waals surface area contributed by atoms with Crippen molar-refractivity contribution < 1.29 is 19.4 Å². The first-order valence-electron chi connectivity index (χ1n) is 5.28. The van der Waals surface area contributed by atoms with Crippen molar-refractivity contribution in [3.63, 3.8) is 0 Å². The summed E-state index contributed by atoms with van der Waals surface area (Å²) in [5.74, 6) is -0.493. The van der Waals surface area contributed by atoms with Gasteiger partial charge in [0.2, 0.25) is 0 Å². The topological polar surface area (TPSA) is 55.8 Å². The second kappa shape index (κ2) is 7.60. The third-order valence-corrected chi connectivity index (χ3v) is 2.06. The van der Waals surface area contributed by atoms with Crippen LogP contribution in [0.1, 0.15) is 5.56 Å².